The zero-order valence-electron chi connectivity index (χ0n) is 12.1. The first-order valence-electron chi connectivity index (χ1n) is 6.79. The summed E-state index contributed by atoms with van der Waals surface area (Å²) in [6, 6.07) is 7.81. The number of aliphatic hydroxyl groups is 1. The van der Waals surface area contributed by atoms with Gasteiger partial charge in [0.1, 0.15) is 5.75 Å². The summed E-state index contributed by atoms with van der Waals surface area (Å²) in [6.45, 7) is 7.38. The maximum Gasteiger partial charge on any atom is 0.335 e. The van der Waals surface area contributed by atoms with Crippen LogP contribution in [-0.4, -0.2) is 24.0 Å². The van der Waals surface area contributed by atoms with Crippen molar-refractivity contribution in [3.8, 4) is 5.75 Å². The van der Waals surface area contributed by atoms with Crippen molar-refractivity contribution in [3.63, 3.8) is 0 Å². The molecule has 0 fully saturated rings. The normalized spacial score (nSPS) is 11.8. The number of benzene rings is 1. The second-order valence-corrected chi connectivity index (χ2v) is 4.64. The summed E-state index contributed by atoms with van der Waals surface area (Å²) in [7, 11) is 0. The molecule has 1 aromatic rings. The van der Waals surface area contributed by atoms with Crippen LogP contribution in [0.1, 0.15) is 32.3 Å². The molecular weight excluding hydrogens is 256 g/mol. The fourth-order valence-corrected chi connectivity index (χ4v) is 1.67. The summed E-state index contributed by atoms with van der Waals surface area (Å²) in [5.74, 6) is 0.219. The number of esters is 1. The fraction of sp³-hybridized carbons (Fsp3) is 0.438. The highest BCUT2D eigenvalue weighted by molar-refractivity contribution is 5.86. The minimum absolute atomic E-state index is 0.222. The molecule has 0 amide bonds. The molecule has 0 bridgehead atoms. The molecule has 0 saturated heterocycles. The molecule has 0 aliphatic heterocycles. The van der Waals surface area contributed by atoms with Crippen molar-refractivity contribution < 1.29 is 19.4 Å². The maximum atomic E-state index is 11.2. The van der Waals surface area contributed by atoms with Gasteiger partial charge in [-0.25, -0.2) is 4.79 Å². The molecule has 0 radical (unpaired) electrons. The summed E-state index contributed by atoms with van der Waals surface area (Å²) in [4.78, 5) is 11.2. The molecule has 1 atom stereocenters. The number of hydrogen-bond donors (Lipinski definition) is 1. The standard InChI is InChI=1S/C16H22O4/c1-4-7-13-8-5-6-9-14(13)19-11-10-15(17)20-16(18)12(2)3/h5-6,8-9,15,17H,2,4,7,10-11H2,1,3H3. The Labute approximate surface area is 120 Å². The highest BCUT2D eigenvalue weighted by Gasteiger charge is 2.12. The van der Waals surface area contributed by atoms with E-state index in [9.17, 15) is 9.90 Å². The molecule has 0 aliphatic rings. The molecule has 1 aromatic carbocycles. The second kappa shape index (κ2) is 8.38. The van der Waals surface area contributed by atoms with Gasteiger partial charge in [-0.1, -0.05) is 38.1 Å². The van der Waals surface area contributed by atoms with E-state index in [2.05, 4.69) is 13.5 Å². The predicted octanol–water partition coefficient (Wildman–Crippen LogP) is 2.85. The van der Waals surface area contributed by atoms with Crippen molar-refractivity contribution in [2.24, 2.45) is 0 Å². The predicted molar refractivity (Wildman–Crippen MR) is 77.5 cm³/mol. The summed E-state index contributed by atoms with van der Waals surface area (Å²) >= 11 is 0. The third-order valence-electron chi connectivity index (χ3n) is 2.71. The Kier molecular flexibility index (Phi) is 6.81. The Morgan fingerprint density at radius 2 is 2.10 bits per heavy atom. The van der Waals surface area contributed by atoms with Crippen molar-refractivity contribution in [2.75, 3.05) is 6.61 Å². The summed E-state index contributed by atoms with van der Waals surface area (Å²) in [5, 5.41) is 9.55. The Bertz CT molecular complexity index is 454. The van der Waals surface area contributed by atoms with Crippen LogP contribution in [0.25, 0.3) is 0 Å². The van der Waals surface area contributed by atoms with E-state index in [1.54, 1.807) is 0 Å². The van der Waals surface area contributed by atoms with Gasteiger partial charge in [0.25, 0.3) is 0 Å². The van der Waals surface area contributed by atoms with Crippen LogP contribution in [0, 0.1) is 0 Å². The SMILES string of the molecule is C=C(C)C(=O)OC(O)CCOc1ccccc1CCC. The van der Waals surface area contributed by atoms with E-state index in [0.717, 1.165) is 24.2 Å². The molecule has 4 heteroatoms. The van der Waals surface area contributed by atoms with Gasteiger partial charge in [-0.2, -0.15) is 0 Å². The Hall–Kier alpha value is -1.81. The number of carbonyl (C=O) groups excluding carboxylic acids is 1. The van der Waals surface area contributed by atoms with Crippen molar-refractivity contribution >= 4 is 5.97 Å². The third-order valence-corrected chi connectivity index (χ3v) is 2.71. The van der Waals surface area contributed by atoms with Gasteiger partial charge in [0.15, 0.2) is 0 Å². The van der Waals surface area contributed by atoms with Crippen molar-refractivity contribution in [1.29, 1.82) is 0 Å². The molecule has 0 heterocycles. The molecule has 20 heavy (non-hydrogen) atoms. The van der Waals surface area contributed by atoms with E-state index in [1.807, 2.05) is 24.3 Å². The smallest absolute Gasteiger partial charge is 0.335 e. The van der Waals surface area contributed by atoms with Crippen molar-refractivity contribution in [3.05, 3.63) is 42.0 Å². The van der Waals surface area contributed by atoms with E-state index in [4.69, 9.17) is 9.47 Å². The van der Waals surface area contributed by atoms with E-state index < -0.39 is 12.3 Å². The molecule has 0 saturated carbocycles. The summed E-state index contributed by atoms with van der Waals surface area (Å²) in [6.07, 6.45) is 1.04. The van der Waals surface area contributed by atoms with Gasteiger partial charge in [-0.05, 0) is 25.0 Å². The first-order valence-corrected chi connectivity index (χ1v) is 6.79. The summed E-state index contributed by atoms with van der Waals surface area (Å²) in [5.41, 5.74) is 1.40. The lowest BCUT2D eigenvalue weighted by atomic mass is 10.1. The molecule has 0 spiro atoms. The monoisotopic (exact) mass is 278 g/mol. The topological polar surface area (TPSA) is 55.8 Å². The molecule has 1 rings (SSSR count). The Balaban J connectivity index is 2.40. The van der Waals surface area contributed by atoms with Gasteiger partial charge >= 0.3 is 5.97 Å². The Morgan fingerprint density at radius 3 is 2.75 bits per heavy atom. The largest absolute Gasteiger partial charge is 0.493 e. The van der Waals surface area contributed by atoms with Crippen LogP contribution in [0.4, 0.5) is 0 Å². The third kappa shape index (κ3) is 5.45. The zero-order valence-corrected chi connectivity index (χ0v) is 12.1. The van der Waals surface area contributed by atoms with Crippen LogP contribution in [0.2, 0.25) is 0 Å². The molecule has 4 nitrogen and oxygen atoms in total. The molecule has 0 aliphatic carbocycles. The van der Waals surface area contributed by atoms with Crippen molar-refractivity contribution in [1.82, 2.24) is 0 Å². The van der Waals surface area contributed by atoms with E-state index in [1.165, 1.54) is 6.92 Å². The molecular formula is C16H22O4. The number of carbonyl (C=O) groups is 1. The van der Waals surface area contributed by atoms with Crippen LogP contribution in [0.5, 0.6) is 5.75 Å². The number of aliphatic hydroxyl groups excluding tert-OH is 1. The molecule has 1 unspecified atom stereocenters. The lowest BCUT2D eigenvalue weighted by molar-refractivity contribution is -0.164. The van der Waals surface area contributed by atoms with Gasteiger partial charge < -0.3 is 14.6 Å². The van der Waals surface area contributed by atoms with Gasteiger partial charge in [0.2, 0.25) is 6.29 Å². The second-order valence-electron chi connectivity index (χ2n) is 4.64. The minimum Gasteiger partial charge on any atom is -0.493 e. The van der Waals surface area contributed by atoms with Gasteiger partial charge in [-0.3, -0.25) is 0 Å². The van der Waals surface area contributed by atoms with Crippen LogP contribution in [-0.2, 0) is 16.0 Å². The zero-order chi connectivity index (χ0) is 15.0. The number of rotatable bonds is 8. The number of aryl methyl sites for hydroxylation is 1. The first kappa shape index (κ1) is 16.2. The number of ether oxygens (including phenoxy) is 2. The first-order chi connectivity index (χ1) is 9.54. The molecule has 110 valence electrons. The number of para-hydroxylation sites is 1. The molecule has 1 N–H and O–H groups in total. The minimum atomic E-state index is -1.17. The van der Waals surface area contributed by atoms with E-state index in [0.29, 0.717) is 0 Å². The average molecular weight is 278 g/mol. The highest BCUT2D eigenvalue weighted by Crippen LogP contribution is 2.19. The van der Waals surface area contributed by atoms with Crippen LogP contribution >= 0.6 is 0 Å². The van der Waals surface area contributed by atoms with Crippen molar-refractivity contribution in [2.45, 2.75) is 39.4 Å². The fourth-order valence-electron chi connectivity index (χ4n) is 1.67. The average Bonchev–Trinajstić information content (AvgIpc) is 2.40. The lowest BCUT2D eigenvalue weighted by Crippen LogP contribution is -2.20. The van der Waals surface area contributed by atoms with Gasteiger partial charge in [0.05, 0.1) is 6.61 Å². The molecule has 0 aromatic heterocycles. The van der Waals surface area contributed by atoms with Crippen LogP contribution < -0.4 is 4.74 Å². The highest BCUT2D eigenvalue weighted by atomic mass is 16.6. The lowest BCUT2D eigenvalue weighted by Gasteiger charge is -2.14. The van der Waals surface area contributed by atoms with Crippen LogP contribution in [0.3, 0.4) is 0 Å². The van der Waals surface area contributed by atoms with E-state index >= 15 is 0 Å². The quantitative estimate of drug-likeness (QED) is 0.451. The van der Waals surface area contributed by atoms with Crippen LogP contribution in [0.15, 0.2) is 36.4 Å². The van der Waals surface area contributed by atoms with Gasteiger partial charge in [-0.15, -0.1) is 0 Å². The number of hydrogen-bond acceptors (Lipinski definition) is 4. The summed E-state index contributed by atoms with van der Waals surface area (Å²) < 4.78 is 10.4. The Morgan fingerprint density at radius 1 is 1.40 bits per heavy atom. The van der Waals surface area contributed by atoms with Gasteiger partial charge in [0, 0.05) is 12.0 Å². The van der Waals surface area contributed by atoms with E-state index in [-0.39, 0.29) is 18.6 Å². The maximum absolute atomic E-state index is 11.2.